The Kier molecular flexibility index (Phi) is 7.07. The highest BCUT2D eigenvalue weighted by molar-refractivity contribution is 5.94. The van der Waals surface area contributed by atoms with E-state index in [0.717, 1.165) is 23.5 Å². The second-order valence-corrected chi connectivity index (χ2v) is 6.79. The van der Waals surface area contributed by atoms with Crippen LogP contribution in [-0.2, 0) is 4.79 Å². The second-order valence-electron chi connectivity index (χ2n) is 6.79. The summed E-state index contributed by atoms with van der Waals surface area (Å²) in [6.07, 6.45) is 0.499. The zero-order valence-electron chi connectivity index (χ0n) is 16.3. The van der Waals surface area contributed by atoms with Crippen LogP contribution in [-0.4, -0.2) is 18.1 Å². The third-order valence-electron chi connectivity index (χ3n) is 4.21. The Bertz CT molecular complexity index is 727. The lowest BCUT2D eigenvalue weighted by Gasteiger charge is -2.20. The Morgan fingerprint density at radius 3 is 2.42 bits per heavy atom. The Hall–Kier alpha value is -2.49. The molecule has 1 N–H and O–H groups in total. The van der Waals surface area contributed by atoms with Crippen molar-refractivity contribution in [3.63, 3.8) is 0 Å². The molecule has 0 bridgehead atoms. The topological polar surface area (TPSA) is 47.6 Å². The van der Waals surface area contributed by atoms with E-state index < -0.39 is 6.10 Å². The number of ether oxygens (including phenoxy) is 2. The average Bonchev–Trinajstić information content (AvgIpc) is 2.61. The first kappa shape index (κ1) is 19.8. The summed E-state index contributed by atoms with van der Waals surface area (Å²) in [6.45, 7) is 10.00. The van der Waals surface area contributed by atoms with E-state index in [4.69, 9.17) is 9.47 Å². The van der Waals surface area contributed by atoms with Crippen molar-refractivity contribution in [3.8, 4) is 11.5 Å². The molecular weight excluding hydrogens is 326 g/mol. The van der Waals surface area contributed by atoms with Crippen LogP contribution in [0, 0.1) is 0 Å². The molecule has 4 heteroatoms. The minimum absolute atomic E-state index is 0.0836. The molecule has 2 aromatic carbocycles. The number of carbonyl (C=O) groups excluding carboxylic acids is 1. The molecule has 0 saturated heterocycles. The van der Waals surface area contributed by atoms with E-state index in [-0.39, 0.29) is 12.0 Å². The van der Waals surface area contributed by atoms with E-state index in [0.29, 0.717) is 11.6 Å². The lowest BCUT2D eigenvalue weighted by atomic mass is 9.98. The van der Waals surface area contributed by atoms with Gasteiger partial charge in [0.25, 0.3) is 5.91 Å². The number of hydrogen-bond donors (Lipinski definition) is 1. The van der Waals surface area contributed by atoms with Crippen LogP contribution < -0.4 is 14.8 Å². The molecule has 4 nitrogen and oxygen atoms in total. The SMILES string of the molecule is CCC(C)c1ccccc1OC(C)C(=O)Nc1cccc(OC(C)C)c1. The van der Waals surface area contributed by atoms with Crippen LogP contribution in [0.1, 0.15) is 52.5 Å². The second kappa shape index (κ2) is 9.27. The van der Waals surface area contributed by atoms with Gasteiger partial charge in [-0.3, -0.25) is 4.79 Å². The Morgan fingerprint density at radius 1 is 1.00 bits per heavy atom. The molecule has 26 heavy (non-hydrogen) atoms. The van der Waals surface area contributed by atoms with Gasteiger partial charge in [-0.2, -0.15) is 0 Å². The Balaban J connectivity index is 2.05. The highest BCUT2D eigenvalue weighted by Gasteiger charge is 2.18. The highest BCUT2D eigenvalue weighted by atomic mass is 16.5. The van der Waals surface area contributed by atoms with Crippen molar-refractivity contribution >= 4 is 11.6 Å². The number of benzene rings is 2. The van der Waals surface area contributed by atoms with Crippen LogP contribution in [0.15, 0.2) is 48.5 Å². The molecule has 1 amide bonds. The minimum Gasteiger partial charge on any atom is -0.491 e. The molecule has 0 aliphatic heterocycles. The molecule has 0 radical (unpaired) electrons. The smallest absolute Gasteiger partial charge is 0.265 e. The van der Waals surface area contributed by atoms with Crippen molar-refractivity contribution in [1.82, 2.24) is 0 Å². The summed E-state index contributed by atoms with van der Waals surface area (Å²) in [7, 11) is 0. The fourth-order valence-corrected chi connectivity index (χ4v) is 2.62. The van der Waals surface area contributed by atoms with Crippen LogP contribution in [0.25, 0.3) is 0 Å². The van der Waals surface area contributed by atoms with Crippen molar-refractivity contribution in [2.45, 2.75) is 59.2 Å². The van der Waals surface area contributed by atoms with Crippen LogP contribution in [0.3, 0.4) is 0 Å². The molecule has 2 atom stereocenters. The van der Waals surface area contributed by atoms with Gasteiger partial charge in [0.1, 0.15) is 11.5 Å². The van der Waals surface area contributed by atoms with Gasteiger partial charge in [0, 0.05) is 11.8 Å². The van der Waals surface area contributed by atoms with E-state index in [1.807, 2.05) is 56.3 Å². The summed E-state index contributed by atoms with van der Waals surface area (Å²) in [5.41, 5.74) is 1.82. The third kappa shape index (κ3) is 5.51. The molecule has 2 rings (SSSR count). The number of hydrogen-bond acceptors (Lipinski definition) is 3. The number of carbonyl (C=O) groups is 1. The normalized spacial score (nSPS) is 13.2. The van der Waals surface area contributed by atoms with E-state index in [1.165, 1.54) is 0 Å². The molecule has 0 aliphatic carbocycles. The van der Waals surface area contributed by atoms with Crippen LogP contribution in [0.4, 0.5) is 5.69 Å². The lowest BCUT2D eigenvalue weighted by Crippen LogP contribution is -2.30. The predicted octanol–water partition coefficient (Wildman–Crippen LogP) is 5.39. The Labute approximate surface area is 156 Å². The first-order chi connectivity index (χ1) is 12.4. The van der Waals surface area contributed by atoms with Gasteiger partial charge in [0.15, 0.2) is 6.10 Å². The van der Waals surface area contributed by atoms with Crippen molar-refractivity contribution in [2.75, 3.05) is 5.32 Å². The zero-order valence-corrected chi connectivity index (χ0v) is 16.3. The number of amides is 1. The Morgan fingerprint density at radius 2 is 1.73 bits per heavy atom. The van der Waals surface area contributed by atoms with Crippen LogP contribution in [0.5, 0.6) is 11.5 Å². The summed E-state index contributed by atoms with van der Waals surface area (Å²) < 4.78 is 11.6. The van der Waals surface area contributed by atoms with Gasteiger partial charge in [-0.05, 0) is 56.9 Å². The van der Waals surface area contributed by atoms with E-state index >= 15 is 0 Å². The number of rotatable bonds is 8. The van der Waals surface area contributed by atoms with Gasteiger partial charge in [-0.1, -0.05) is 38.1 Å². The van der Waals surface area contributed by atoms with Gasteiger partial charge >= 0.3 is 0 Å². The molecule has 0 aromatic heterocycles. The maximum atomic E-state index is 12.5. The van der Waals surface area contributed by atoms with Crippen molar-refractivity contribution in [2.24, 2.45) is 0 Å². The summed E-state index contributed by atoms with van der Waals surface area (Å²) in [4.78, 5) is 12.5. The largest absolute Gasteiger partial charge is 0.491 e. The maximum Gasteiger partial charge on any atom is 0.265 e. The molecule has 0 heterocycles. The predicted molar refractivity (Wildman–Crippen MR) is 106 cm³/mol. The number of anilines is 1. The van der Waals surface area contributed by atoms with E-state index in [2.05, 4.69) is 25.2 Å². The first-order valence-electron chi connectivity index (χ1n) is 9.23. The third-order valence-corrected chi connectivity index (χ3v) is 4.21. The van der Waals surface area contributed by atoms with E-state index in [9.17, 15) is 4.79 Å². The molecule has 0 fully saturated rings. The molecular formula is C22H29NO3. The van der Waals surface area contributed by atoms with Crippen LogP contribution in [0.2, 0.25) is 0 Å². The van der Waals surface area contributed by atoms with Gasteiger partial charge in [-0.15, -0.1) is 0 Å². The van der Waals surface area contributed by atoms with Crippen molar-refractivity contribution < 1.29 is 14.3 Å². The number of para-hydroxylation sites is 1. The molecule has 2 aromatic rings. The minimum atomic E-state index is -0.602. The lowest BCUT2D eigenvalue weighted by molar-refractivity contribution is -0.122. The molecule has 140 valence electrons. The van der Waals surface area contributed by atoms with Crippen LogP contribution >= 0.6 is 0 Å². The summed E-state index contributed by atoms with van der Waals surface area (Å²) >= 11 is 0. The summed E-state index contributed by atoms with van der Waals surface area (Å²) in [5.74, 6) is 1.69. The first-order valence-corrected chi connectivity index (χ1v) is 9.23. The number of nitrogens with one attached hydrogen (secondary N) is 1. The molecule has 2 unspecified atom stereocenters. The summed E-state index contributed by atoms with van der Waals surface area (Å²) in [6, 6.07) is 15.3. The molecule has 0 spiro atoms. The molecule has 0 aliphatic rings. The maximum absolute atomic E-state index is 12.5. The van der Waals surface area contributed by atoms with Crippen molar-refractivity contribution in [1.29, 1.82) is 0 Å². The van der Waals surface area contributed by atoms with Crippen molar-refractivity contribution in [3.05, 3.63) is 54.1 Å². The zero-order chi connectivity index (χ0) is 19.1. The van der Waals surface area contributed by atoms with E-state index in [1.54, 1.807) is 6.92 Å². The van der Waals surface area contributed by atoms with Gasteiger partial charge in [0.05, 0.1) is 6.10 Å². The average molecular weight is 355 g/mol. The highest BCUT2D eigenvalue weighted by Crippen LogP contribution is 2.29. The van der Waals surface area contributed by atoms with Gasteiger partial charge in [-0.25, -0.2) is 0 Å². The quantitative estimate of drug-likeness (QED) is 0.690. The van der Waals surface area contributed by atoms with Gasteiger partial charge < -0.3 is 14.8 Å². The fraction of sp³-hybridized carbons (Fsp3) is 0.409. The monoisotopic (exact) mass is 355 g/mol. The standard InChI is InChI=1S/C22H29NO3/c1-6-16(4)20-12-7-8-13-21(20)26-17(5)22(24)23-18-10-9-11-19(14-18)25-15(2)3/h7-17H,6H2,1-5H3,(H,23,24). The van der Waals surface area contributed by atoms with Gasteiger partial charge in [0.2, 0.25) is 0 Å². The summed E-state index contributed by atoms with van der Waals surface area (Å²) in [5, 5.41) is 2.89. The molecule has 0 saturated carbocycles. The fourth-order valence-electron chi connectivity index (χ4n) is 2.62.